The summed E-state index contributed by atoms with van der Waals surface area (Å²) >= 11 is 5.66. The Morgan fingerprint density at radius 3 is 2.24 bits per heavy atom. The highest BCUT2D eigenvalue weighted by Gasteiger charge is 2.34. The number of hydrogen-bond donors (Lipinski definition) is 2. The van der Waals surface area contributed by atoms with Gasteiger partial charge in [-0.05, 0) is 30.3 Å². The van der Waals surface area contributed by atoms with E-state index in [1.165, 1.54) is 12.1 Å². The Bertz CT molecular complexity index is 819. The molecule has 4 nitrogen and oxygen atoms in total. The number of anilines is 1. The molecule has 25 heavy (non-hydrogen) atoms. The highest BCUT2D eigenvalue weighted by Crippen LogP contribution is 2.32. The van der Waals surface area contributed by atoms with E-state index in [0.717, 1.165) is 12.1 Å². The van der Waals surface area contributed by atoms with E-state index in [-0.39, 0.29) is 10.7 Å². The van der Waals surface area contributed by atoms with Gasteiger partial charge in [0, 0.05) is 5.69 Å². The average Bonchev–Trinajstić information content (AvgIpc) is 2.45. The first kappa shape index (κ1) is 18.7. The van der Waals surface area contributed by atoms with E-state index in [9.17, 15) is 31.5 Å². The number of alkyl halides is 3. The summed E-state index contributed by atoms with van der Waals surface area (Å²) < 4.78 is 64.3. The molecule has 10 heteroatoms. The van der Waals surface area contributed by atoms with Crippen molar-refractivity contribution in [3.63, 3.8) is 0 Å². The van der Waals surface area contributed by atoms with Crippen LogP contribution in [-0.4, -0.2) is 11.9 Å². The first-order valence-corrected chi connectivity index (χ1v) is 6.90. The van der Waals surface area contributed by atoms with Gasteiger partial charge in [-0.15, -0.1) is 0 Å². The lowest BCUT2D eigenvalue weighted by Gasteiger charge is -2.11. The van der Waals surface area contributed by atoms with Crippen molar-refractivity contribution >= 4 is 29.2 Å². The number of nitrogens with one attached hydrogen (secondary N) is 2. The number of carbonyl (C=O) groups is 2. The zero-order valence-corrected chi connectivity index (χ0v) is 12.8. The van der Waals surface area contributed by atoms with E-state index in [4.69, 9.17) is 11.6 Å². The first-order chi connectivity index (χ1) is 11.6. The Balaban J connectivity index is 2.10. The van der Waals surface area contributed by atoms with E-state index in [2.05, 4.69) is 0 Å². The summed E-state index contributed by atoms with van der Waals surface area (Å²) in [6, 6.07) is 3.88. The van der Waals surface area contributed by atoms with E-state index in [0.29, 0.717) is 12.1 Å². The minimum absolute atomic E-state index is 0.245. The van der Waals surface area contributed by atoms with Gasteiger partial charge in [-0.3, -0.25) is 10.1 Å². The molecule has 0 aliphatic heterocycles. The second kappa shape index (κ2) is 7.06. The molecule has 2 aromatic carbocycles. The van der Waals surface area contributed by atoms with Gasteiger partial charge in [-0.25, -0.2) is 13.6 Å². The summed E-state index contributed by atoms with van der Waals surface area (Å²) in [4.78, 5) is 23.5. The van der Waals surface area contributed by atoms with Crippen molar-refractivity contribution in [3.05, 3.63) is 64.2 Å². The summed E-state index contributed by atoms with van der Waals surface area (Å²) in [5.74, 6) is -3.75. The highest BCUT2D eigenvalue weighted by atomic mass is 35.5. The fraction of sp³-hybridized carbons (Fsp3) is 0.0667. The lowest BCUT2D eigenvalue weighted by atomic mass is 10.2. The summed E-state index contributed by atoms with van der Waals surface area (Å²) in [6.45, 7) is 0. The molecule has 0 saturated heterocycles. The van der Waals surface area contributed by atoms with E-state index in [1.807, 2.05) is 5.32 Å². The Morgan fingerprint density at radius 1 is 1.00 bits per heavy atom. The first-order valence-electron chi connectivity index (χ1n) is 6.52. The lowest BCUT2D eigenvalue weighted by Crippen LogP contribution is -2.35. The Labute approximate surface area is 142 Å². The molecule has 0 spiro atoms. The molecule has 0 bridgehead atoms. The standard InChI is InChI=1S/C15H8ClF5N2O2/c16-9-2-1-3-10(17)12(9)13(24)23-14(25)22-7-4-5-8(11(18)6-7)15(19,20)21/h1-6H,(H2,22,23,24,25). The van der Waals surface area contributed by atoms with Gasteiger partial charge >= 0.3 is 12.2 Å². The van der Waals surface area contributed by atoms with Crippen LogP contribution in [0.5, 0.6) is 0 Å². The summed E-state index contributed by atoms with van der Waals surface area (Å²) in [5, 5.41) is 3.45. The summed E-state index contributed by atoms with van der Waals surface area (Å²) in [5.41, 5.74) is -2.43. The van der Waals surface area contributed by atoms with Gasteiger partial charge in [0.25, 0.3) is 5.91 Å². The van der Waals surface area contributed by atoms with E-state index < -0.39 is 40.9 Å². The minimum Gasteiger partial charge on any atom is -0.308 e. The second-order valence-electron chi connectivity index (χ2n) is 4.70. The van der Waals surface area contributed by atoms with Crippen molar-refractivity contribution in [2.45, 2.75) is 6.18 Å². The molecular weight excluding hydrogens is 371 g/mol. The zero-order chi connectivity index (χ0) is 18.8. The largest absolute Gasteiger partial charge is 0.419 e. The highest BCUT2D eigenvalue weighted by molar-refractivity contribution is 6.34. The number of carbonyl (C=O) groups excluding carboxylic acids is 2. The van der Waals surface area contributed by atoms with Crippen LogP contribution in [0.15, 0.2) is 36.4 Å². The van der Waals surface area contributed by atoms with Crippen LogP contribution in [0.3, 0.4) is 0 Å². The van der Waals surface area contributed by atoms with Crippen molar-refractivity contribution in [2.24, 2.45) is 0 Å². The van der Waals surface area contributed by atoms with Gasteiger partial charge in [0.15, 0.2) is 0 Å². The molecule has 2 N–H and O–H groups in total. The number of amides is 3. The fourth-order valence-electron chi connectivity index (χ4n) is 1.87. The maximum absolute atomic E-state index is 13.6. The second-order valence-corrected chi connectivity index (χ2v) is 5.10. The summed E-state index contributed by atoms with van der Waals surface area (Å²) in [7, 11) is 0. The van der Waals surface area contributed by atoms with Crippen LogP contribution in [0.4, 0.5) is 32.4 Å². The van der Waals surface area contributed by atoms with Crippen LogP contribution >= 0.6 is 11.6 Å². The van der Waals surface area contributed by atoms with Crippen molar-refractivity contribution < 1.29 is 31.5 Å². The normalized spacial score (nSPS) is 11.1. The number of rotatable bonds is 2. The molecule has 132 valence electrons. The molecule has 0 radical (unpaired) electrons. The quantitative estimate of drug-likeness (QED) is 0.750. The number of halogens is 6. The van der Waals surface area contributed by atoms with Crippen molar-refractivity contribution in [3.8, 4) is 0 Å². The summed E-state index contributed by atoms with van der Waals surface area (Å²) in [6.07, 6.45) is -4.89. The number of urea groups is 1. The monoisotopic (exact) mass is 378 g/mol. The number of benzene rings is 2. The fourth-order valence-corrected chi connectivity index (χ4v) is 2.11. The van der Waals surface area contributed by atoms with Gasteiger partial charge in [-0.2, -0.15) is 13.2 Å². The van der Waals surface area contributed by atoms with Crippen LogP contribution in [0.25, 0.3) is 0 Å². The van der Waals surface area contributed by atoms with Gasteiger partial charge in [0.1, 0.15) is 11.6 Å². The SMILES string of the molecule is O=C(NC(=O)c1c(F)cccc1Cl)Nc1ccc(C(F)(F)F)c(F)c1. The van der Waals surface area contributed by atoms with Crippen LogP contribution < -0.4 is 10.6 Å². The average molecular weight is 379 g/mol. The van der Waals surface area contributed by atoms with Gasteiger partial charge in [-0.1, -0.05) is 17.7 Å². The van der Waals surface area contributed by atoms with Crippen LogP contribution in [-0.2, 0) is 6.18 Å². The van der Waals surface area contributed by atoms with Crippen molar-refractivity contribution in [1.82, 2.24) is 5.32 Å². The lowest BCUT2D eigenvalue weighted by molar-refractivity contribution is -0.139. The number of hydrogen-bond acceptors (Lipinski definition) is 2. The molecule has 0 atom stereocenters. The number of imide groups is 1. The minimum atomic E-state index is -4.89. The predicted octanol–water partition coefficient (Wildman–Crippen LogP) is 4.60. The third kappa shape index (κ3) is 4.44. The molecule has 0 saturated carbocycles. The molecule has 0 aromatic heterocycles. The van der Waals surface area contributed by atoms with Gasteiger partial charge in [0.2, 0.25) is 0 Å². The molecule has 2 rings (SSSR count). The maximum atomic E-state index is 13.6. The maximum Gasteiger partial charge on any atom is 0.419 e. The molecule has 0 unspecified atom stereocenters. The van der Waals surface area contributed by atoms with E-state index >= 15 is 0 Å². The zero-order valence-electron chi connectivity index (χ0n) is 12.0. The van der Waals surface area contributed by atoms with Crippen LogP contribution in [0.1, 0.15) is 15.9 Å². The predicted molar refractivity (Wildman–Crippen MR) is 79.3 cm³/mol. The van der Waals surface area contributed by atoms with Crippen LogP contribution in [0.2, 0.25) is 5.02 Å². The van der Waals surface area contributed by atoms with Crippen molar-refractivity contribution in [2.75, 3.05) is 5.32 Å². The van der Waals surface area contributed by atoms with Crippen LogP contribution in [0, 0.1) is 11.6 Å². The van der Waals surface area contributed by atoms with E-state index in [1.54, 1.807) is 5.32 Å². The Hall–Kier alpha value is -2.68. The van der Waals surface area contributed by atoms with Gasteiger partial charge in [0.05, 0.1) is 16.1 Å². The molecule has 3 amide bonds. The molecule has 0 aliphatic carbocycles. The third-order valence-electron chi connectivity index (χ3n) is 2.95. The Kier molecular flexibility index (Phi) is 5.27. The molecule has 0 aliphatic rings. The smallest absolute Gasteiger partial charge is 0.308 e. The van der Waals surface area contributed by atoms with Crippen molar-refractivity contribution in [1.29, 1.82) is 0 Å². The molecule has 0 fully saturated rings. The van der Waals surface area contributed by atoms with Gasteiger partial charge < -0.3 is 5.32 Å². The third-order valence-corrected chi connectivity index (χ3v) is 3.26. The molecule has 2 aromatic rings. The molecule has 0 heterocycles. The molecular formula is C15H8ClF5N2O2. The topological polar surface area (TPSA) is 58.2 Å². The Morgan fingerprint density at radius 2 is 1.68 bits per heavy atom.